The Balaban J connectivity index is 1.81. The first-order valence-corrected chi connectivity index (χ1v) is 7.76. The Morgan fingerprint density at radius 3 is 2.44 bits per heavy atom. The number of hydrogen-bond donors (Lipinski definition) is 1. The zero-order valence-electron chi connectivity index (χ0n) is 14.1. The predicted molar refractivity (Wildman–Crippen MR) is 96.2 cm³/mol. The Bertz CT molecular complexity index is 807. The van der Waals surface area contributed by atoms with Gasteiger partial charge in [-0.25, -0.2) is 4.79 Å². The van der Waals surface area contributed by atoms with Crippen molar-refractivity contribution < 1.29 is 19.1 Å². The van der Waals surface area contributed by atoms with Gasteiger partial charge in [0.1, 0.15) is 0 Å². The third kappa shape index (κ3) is 6.06. The Labute approximate surface area is 146 Å². The van der Waals surface area contributed by atoms with Crippen LogP contribution in [0.2, 0.25) is 0 Å². The summed E-state index contributed by atoms with van der Waals surface area (Å²) >= 11 is 0. The van der Waals surface area contributed by atoms with E-state index in [1.807, 2.05) is 31.2 Å². The van der Waals surface area contributed by atoms with Crippen molar-refractivity contribution in [3.05, 3.63) is 71.3 Å². The summed E-state index contributed by atoms with van der Waals surface area (Å²) in [5, 5.41) is 2.59. The van der Waals surface area contributed by atoms with Crippen LogP contribution < -0.4 is 5.32 Å². The van der Waals surface area contributed by atoms with Crippen molar-refractivity contribution in [1.82, 2.24) is 0 Å². The van der Waals surface area contributed by atoms with Gasteiger partial charge in [-0.05, 0) is 49.8 Å². The fourth-order valence-corrected chi connectivity index (χ4v) is 2.11. The van der Waals surface area contributed by atoms with Gasteiger partial charge in [-0.3, -0.25) is 9.59 Å². The van der Waals surface area contributed by atoms with Gasteiger partial charge in [0.15, 0.2) is 12.4 Å². The molecule has 0 aliphatic carbocycles. The lowest BCUT2D eigenvalue weighted by Gasteiger charge is -2.06. The second-order valence-electron chi connectivity index (χ2n) is 5.54. The van der Waals surface area contributed by atoms with Crippen LogP contribution in [0.4, 0.5) is 5.69 Å². The lowest BCUT2D eigenvalue weighted by molar-refractivity contribution is -0.142. The van der Waals surface area contributed by atoms with Gasteiger partial charge in [-0.2, -0.15) is 0 Å². The highest BCUT2D eigenvalue weighted by Gasteiger charge is 2.06. The molecule has 5 nitrogen and oxygen atoms in total. The van der Waals surface area contributed by atoms with Crippen LogP contribution >= 0.6 is 0 Å². The molecule has 0 radical (unpaired) electrons. The highest BCUT2D eigenvalue weighted by molar-refractivity contribution is 5.96. The van der Waals surface area contributed by atoms with Gasteiger partial charge < -0.3 is 10.1 Å². The quantitative estimate of drug-likeness (QED) is 0.498. The minimum Gasteiger partial charge on any atom is -0.452 e. The minimum absolute atomic E-state index is 0.0489. The number of anilines is 1. The molecule has 0 aromatic heterocycles. The first kappa shape index (κ1) is 18.1. The fourth-order valence-electron chi connectivity index (χ4n) is 2.11. The van der Waals surface area contributed by atoms with Crippen LogP contribution in [0.25, 0.3) is 6.08 Å². The number of aryl methyl sites for hydroxylation is 1. The van der Waals surface area contributed by atoms with E-state index in [1.165, 1.54) is 13.0 Å². The van der Waals surface area contributed by atoms with Crippen LogP contribution in [-0.2, 0) is 14.3 Å². The maximum absolute atomic E-state index is 11.8. The monoisotopic (exact) mass is 337 g/mol. The second-order valence-corrected chi connectivity index (χ2v) is 5.54. The summed E-state index contributed by atoms with van der Waals surface area (Å²) in [6.45, 7) is 3.05. The topological polar surface area (TPSA) is 72.5 Å². The molecule has 0 heterocycles. The molecule has 2 aromatic rings. The average Bonchev–Trinajstić information content (AvgIpc) is 2.58. The third-order valence-corrected chi connectivity index (χ3v) is 3.37. The molecule has 25 heavy (non-hydrogen) atoms. The summed E-state index contributed by atoms with van der Waals surface area (Å²) in [5.41, 5.74) is 3.06. The normalized spacial score (nSPS) is 10.5. The van der Waals surface area contributed by atoms with Gasteiger partial charge in [0, 0.05) is 17.3 Å². The molecule has 0 atom stereocenters. The first-order valence-electron chi connectivity index (χ1n) is 7.76. The van der Waals surface area contributed by atoms with Crippen molar-refractivity contribution in [3.63, 3.8) is 0 Å². The number of ether oxygens (including phenoxy) is 1. The van der Waals surface area contributed by atoms with Crippen molar-refractivity contribution in [2.24, 2.45) is 0 Å². The molecule has 1 N–H and O–H groups in total. The highest BCUT2D eigenvalue weighted by Crippen LogP contribution is 2.10. The number of Topliss-reactive ketones (excluding diaryl/α,β-unsaturated/α-hetero) is 1. The lowest BCUT2D eigenvalue weighted by Crippen LogP contribution is -2.20. The van der Waals surface area contributed by atoms with E-state index in [2.05, 4.69) is 5.32 Å². The Hall–Kier alpha value is -3.21. The molecular weight excluding hydrogens is 318 g/mol. The van der Waals surface area contributed by atoms with Crippen LogP contribution in [0.1, 0.15) is 28.4 Å². The number of esters is 1. The van der Waals surface area contributed by atoms with E-state index in [9.17, 15) is 14.4 Å². The molecule has 0 bridgehead atoms. The maximum Gasteiger partial charge on any atom is 0.331 e. The molecule has 0 saturated carbocycles. The van der Waals surface area contributed by atoms with Crippen LogP contribution in [0.15, 0.2) is 54.6 Å². The zero-order chi connectivity index (χ0) is 18.2. The number of carbonyl (C=O) groups excluding carboxylic acids is 3. The molecule has 1 amide bonds. The fraction of sp³-hybridized carbons (Fsp3) is 0.150. The Kier molecular flexibility index (Phi) is 6.23. The van der Waals surface area contributed by atoms with E-state index < -0.39 is 11.9 Å². The number of amides is 1. The van der Waals surface area contributed by atoms with Crippen molar-refractivity contribution >= 4 is 29.4 Å². The van der Waals surface area contributed by atoms with Crippen molar-refractivity contribution in [3.8, 4) is 0 Å². The Morgan fingerprint density at radius 2 is 1.80 bits per heavy atom. The van der Waals surface area contributed by atoms with E-state index in [4.69, 9.17) is 4.74 Å². The highest BCUT2D eigenvalue weighted by atomic mass is 16.5. The SMILES string of the molecule is CC(=O)c1ccc(NC(=O)COC(=O)/C=C/c2cccc(C)c2)cc1. The third-order valence-electron chi connectivity index (χ3n) is 3.37. The molecule has 2 rings (SSSR count). The summed E-state index contributed by atoms with van der Waals surface area (Å²) < 4.78 is 4.90. The van der Waals surface area contributed by atoms with E-state index in [0.29, 0.717) is 11.3 Å². The van der Waals surface area contributed by atoms with E-state index in [1.54, 1.807) is 30.3 Å². The summed E-state index contributed by atoms with van der Waals surface area (Å²) in [6, 6.07) is 14.1. The van der Waals surface area contributed by atoms with Gasteiger partial charge in [0.05, 0.1) is 0 Å². The smallest absolute Gasteiger partial charge is 0.331 e. The number of rotatable bonds is 6. The predicted octanol–water partition coefficient (Wildman–Crippen LogP) is 3.39. The molecule has 5 heteroatoms. The van der Waals surface area contributed by atoms with Gasteiger partial charge in [0.25, 0.3) is 5.91 Å². The van der Waals surface area contributed by atoms with Gasteiger partial charge in [-0.15, -0.1) is 0 Å². The molecule has 2 aromatic carbocycles. The average molecular weight is 337 g/mol. The van der Waals surface area contributed by atoms with Crippen LogP contribution in [0.3, 0.4) is 0 Å². The summed E-state index contributed by atoms with van der Waals surface area (Å²) in [5.74, 6) is -1.09. The maximum atomic E-state index is 11.8. The lowest BCUT2D eigenvalue weighted by atomic mass is 10.1. The van der Waals surface area contributed by atoms with Gasteiger partial charge >= 0.3 is 5.97 Å². The van der Waals surface area contributed by atoms with Crippen molar-refractivity contribution in [1.29, 1.82) is 0 Å². The van der Waals surface area contributed by atoms with Crippen molar-refractivity contribution in [2.45, 2.75) is 13.8 Å². The number of benzene rings is 2. The summed E-state index contributed by atoms with van der Waals surface area (Å²) in [4.78, 5) is 34.6. The number of nitrogens with one attached hydrogen (secondary N) is 1. The van der Waals surface area contributed by atoms with Gasteiger partial charge in [0.2, 0.25) is 0 Å². The summed E-state index contributed by atoms with van der Waals surface area (Å²) in [7, 11) is 0. The van der Waals surface area contributed by atoms with E-state index >= 15 is 0 Å². The second kappa shape index (κ2) is 8.59. The van der Waals surface area contributed by atoms with Gasteiger partial charge in [-0.1, -0.05) is 29.8 Å². The molecule has 128 valence electrons. The van der Waals surface area contributed by atoms with E-state index in [0.717, 1.165) is 11.1 Å². The first-order chi connectivity index (χ1) is 11.9. The summed E-state index contributed by atoms with van der Waals surface area (Å²) in [6.07, 6.45) is 2.91. The molecular formula is C20H19NO4. The molecule has 0 aliphatic heterocycles. The molecule has 0 unspecified atom stereocenters. The molecule has 0 aliphatic rings. The largest absolute Gasteiger partial charge is 0.452 e. The zero-order valence-corrected chi connectivity index (χ0v) is 14.1. The van der Waals surface area contributed by atoms with Crippen LogP contribution in [0.5, 0.6) is 0 Å². The number of carbonyl (C=O) groups is 3. The van der Waals surface area contributed by atoms with Crippen molar-refractivity contribution in [2.75, 3.05) is 11.9 Å². The number of ketones is 1. The minimum atomic E-state index is -0.594. The van der Waals surface area contributed by atoms with Crippen LogP contribution in [-0.4, -0.2) is 24.3 Å². The standard InChI is InChI=1S/C20H19NO4/c1-14-4-3-5-16(12-14)6-11-20(24)25-13-19(23)21-18-9-7-17(8-10-18)15(2)22/h3-12H,13H2,1-2H3,(H,21,23)/b11-6+. The number of hydrogen-bond acceptors (Lipinski definition) is 4. The Morgan fingerprint density at radius 1 is 1.08 bits per heavy atom. The van der Waals surface area contributed by atoms with Crippen LogP contribution in [0, 0.1) is 6.92 Å². The molecule has 0 fully saturated rings. The molecule has 0 saturated heterocycles. The van der Waals surface area contributed by atoms with E-state index in [-0.39, 0.29) is 12.4 Å². The molecule has 0 spiro atoms.